The molecule has 0 aliphatic rings. The second kappa shape index (κ2) is 16.2. The van der Waals surface area contributed by atoms with E-state index in [9.17, 15) is 14.7 Å². The Morgan fingerprint density at radius 3 is 1.98 bits per heavy atom. The zero-order chi connectivity index (χ0) is 32.1. The number of rotatable bonds is 14. The lowest BCUT2D eigenvalue weighted by atomic mass is 10.0. The van der Waals surface area contributed by atoms with Crippen LogP contribution in [0.1, 0.15) is 43.0 Å². The summed E-state index contributed by atoms with van der Waals surface area (Å²) in [4.78, 5) is 25.8. The molecule has 0 unspecified atom stereocenters. The number of anilines is 1. The number of hydrogen-bond acceptors (Lipinski definition) is 6. The smallest absolute Gasteiger partial charge is 0.408 e. The summed E-state index contributed by atoms with van der Waals surface area (Å²) in [6, 6.07) is 32.0. The van der Waals surface area contributed by atoms with Gasteiger partial charge in [-0.15, -0.1) is 0 Å². The summed E-state index contributed by atoms with van der Waals surface area (Å²) in [7, 11) is 0. The van der Waals surface area contributed by atoms with Gasteiger partial charge in [-0.3, -0.25) is 4.79 Å². The summed E-state index contributed by atoms with van der Waals surface area (Å²) >= 11 is 0. The van der Waals surface area contributed by atoms with Gasteiger partial charge in [0.2, 0.25) is 5.91 Å². The normalized spacial score (nSPS) is 11.7. The fourth-order valence-corrected chi connectivity index (χ4v) is 4.61. The lowest BCUT2D eigenvalue weighted by molar-refractivity contribution is -0.123. The average molecular weight is 610 g/mol. The standard InChI is InChI=1S/C37H43N3O5/c1-37(2,3)45-36(43)40-34(25-29-13-19-33(20-14-29)44-26-30-7-5-4-6-8-30)35(42)39-24-22-27-9-15-31(16-10-27)38-23-21-28-11-17-32(41)18-12-28/h4-20,34,38,41H,21-26H2,1-3H3,(H,39,42)(H,40,43)/t34-/m0/s1. The van der Waals surface area contributed by atoms with Crippen molar-refractivity contribution in [3.8, 4) is 11.5 Å². The zero-order valence-electron chi connectivity index (χ0n) is 26.2. The molecule has 1 atom stereocenters. The van der Waals surface area contributed by atoms with E-state index in [0.717, 1.165) is 46.7 Å². The van der Waals surface area contributed by atoms with Crippen LogP contribution in [0, 0.1) is 0 Å². The van der Waals surface area contributed by atoms with E-state index in [4.69, 9.17) is 9.47 Å². The number of hydrogen-bond donors (Lipinski definition) is 4. The Balaban J connectivity index is 1.27. The predicted molar refractivity (Wildman–Crippen MR) is 178 cm³/mol. The number of carbonyl (C=O) groups excluding carboxylic acids is 2. The summed E-state index contributed by atoms with van der Waals surface area (Å²) in [5.74, 6) is 0.712. The van der Waals surface area contributed by atoms with Gasteiger partial charge >= 0.3 is 6.09 Å². The van der Waals surface area contributed by atoms with Crippen LogP contribution in [-0.2, 0) is 35.4 Å². The van der Waals surface area contributed by atoms with Gasteiger partial charge in [-0.25, -0.2) is 4.79 Å². The van der Waals surface area contributed by atoms with Gasteiger partial charge in [0, 0.05) is 25.2 Å². The highest BCUT2D eigenvalue weighted by Gasteiger charge is 2.24. The fourth-order valence-electron chi connectivity index (χ4n) is 4.61. The van der Waals surface area contributed by atoms with Crippen LogP contribution in [0.4, 0.5) is 10.5 Å². The second-order valence-corrected chi connectivity index (χ2v) is 11.9. The summed E-state index contributed by atoms with van der Waals surface area (Å²) in [5.41, 5.74) is 4.52. The number of phenols is 1. The van der Waals surface area contributed by atoms with Crippen LogP contribution in [0.3, 0.4) is 0 Å². The third-order valence-corrected chi connectivity index (χ3v) is 6.96. The second-order valence-electron chi connectivity index (χ2n) is 11.9. The van der Waals surface area contributed by atoms with Gasteiger partial charge in [-0.05, 0) is 92.3 Å². The first-order chi connectivity index (χ1) is 21.6. The summed E-state index contributed by atoms with van der Waals surface area (Å²) < 4.78 is 11.3. The summed E-state index contributed by atoms with van der Waals surface area (Å²) in [6.45, 7) is 7.01. The van der Waals surface area contributed by atoms with E-state index in [1.54, 1.807) is 32.9 Å². The molecule has 0 aromatic heterocycles. The molecule has 45 heavy (non-hydrogen) atoms. The molecule has 0 aliphatic heterocycles. The highest BCUT2D eigenvalue weighted by molar-refractivity contribution is 5.86. The molecule has 0 aliphatic carbocycles. The first kappa shape index (κ1) is 32.9. The number of phenolic OH excluding ortho intramolecular Hbond substituents is 1. The molecule has 0 bridgehead atoms. The summed E-state index contributed by atoms with van der Waals surface area (Å²) in [5, 5.41) is 18.6. The molecule has 4 aromatic rings. The number of aromatic hydroxyl groups is 1. The predicted octanol–water partition coefficient (Wildman–Crippen LogP) is 6.42. The Morgan fingerprint density at radius 2 is 1.33 bits per heavy atom. The quantitative estimate of drug-likeness (QED) is 0.131. The van der Waals surface area contributed by atoms with E-state index in [2.05, 4.69) is 16.0 Å². The zero-order valence-corrected chi connectivity index (χ0v) is 26.2. The maximum atomic E-state index is 13.2. The van der Waals surface area contributed by atoms with Crippen LogP contribution in [0.25, 0.3) is 0 Å². The van der Waals surface area contributed by atoms with Crippen LogP contribution in [-0.4, -0.2) is 41.8 Å². The lowest BCUT2D eigenvalue weighted by Crippen LogP contribution is -2.49. The van der Waals surface area contributed by atoms with E-state index in [-0.39, 0.29) is 11.7 Å². The highest BCUT2D eigenvalue weighted by atomic mass is 16.6. The molecule has 8 heteroatoms. The SMILES string of the molecule is CC(C)(C)OC(=O)N[C@@H](Cc1ccc(OCc2ccccc2)cc1)C(=O)NCCc1ccc(NCCc2ccc(O)cc2)cc1. The van der Waals surface area contributed by atoms with Gasteiger partial charge in [-0.2, -0.15) is 0 Å². The third kappa shape index (κ3) is 11.9. The van der Waals surface area contributed by atoms with Gasteiger partial charge in [0.05, 0.1) is 0 Å². The van der Waals surface area contributed by atoms with Crippen LogP contribution in [0.15, 0.2) is 103 Å². The van der Waals surface area contributed by atoms with Gasteiger partial charge < -0.3 is 30.5 Å². The van der Waals surface area contributed by atoms with Crippen molar-refractivity contribution in [3.05, 3.63) is 125 Å². The van der Waals surface area contributed by atoms with Gasteiger partial charge in [-0.1, -0.05) is 66.7 Å². The Kier molecular flexibility index (Phi) is 11.8. The fraction of sp³-hybridized carbons (Fsp3) is 0.297. The van der Waals surface area contributed by atoms with Crippen molar-refractivity contribution in [2.24, 2.45) is 0 Å². The number of benzene rings is 4. The van der Waals surface area contributed by atoms with E-state index < -0.39 is 17.7 Å². The van der Waals surface area contributed by atoms with E-state index in [1.165, 1.54) is 0 Å². The number of ether oxygens (including phenoxy) is 2. The van der Waals surface area contributed by atoms with E-state index >= 15 is 0 Å². The first-order valence-corrected chi connectivity index (χ1v) is 15.3. The summed E-state index contributed by atoms with van der Waals surface area (Å²) in [6.07, 6.45) is 1.15. The van der Waals surface area contributed by atoms with Gasteiger partial charge in [0.25, 0.3) is 0 Å². The Labute approximate surface area is 265 Å². The van der Waals surface area contributed by atoms with Crippen molar-refractivity contribution < 1.29 is 24.2 Å². The Morgan fingerprint density at radius 1 is 0.733 bits per heavy atom. The topological polar surface area (TPSA) is 109 Å². The minimum atomic E-state index is -0.809. The highest BCUT2D eigenvalue weighted by Crippen LogP contribution is 2.17. The van der Waals surface area contributed by atoms with Crippen LogP contribution < -0.4 is 20.7 Å². The molecule has 0 spiro atoms. The number of amides is 2. The number of nitrogens with one attached hydrogen (secondary N) is 3. The molecule has 0 fully saturated rings. The van der Waals surface area contributed by atoms with Crippen LogP contribution in [0.2, 0.25) is 0 Å². The first-order valence-electron chi connectivity index (χ1n) is 15.3. The van der Waals surface area contributed by atoms with Crippen molar-refractivity contribution in [1.82, 2.24) is 10.6 Å². The molecule has 8 nitrogen and oxygen atoms in total. The molecule has 2 amide bonds. The molecule has 0 saturated carbocycles. The number of carbonyl (C=O) groups is 2. The van der Waals surface area contributed by atoms with Crippen molar-refractivity contribution in [1.29, 1.82) is 0 Å². The number of alkyl carbamates (subject to hydrolysis) is 1. The van der Waals surface area contributed by atoms with Crippen molar-refractivity contribution in [3.63, 3.8) is 0 Å². The Hall–Kier alpha value is -4.98. The minimum Gasteiger partial charge on any atom is -0.508 e. The van der Waals surface area contributed by atoms with Crippen molar-refractivity contribution in [2.45, 2.75) is 58.3 Å². The average Bonchev–Trinajstić information content (AvgIpc) is 3.01. The molecule has 236 valence electrons. The van der Waals surface area contributed by atoms with Crippen LogP contribution in [0.5, 0.6) is 11.5 Å². The van der Waals surface area contributed by atoms with Crippen molar-refractivity contribution >= 4 is 17.7 Å². The monoisotopic (exact) mass is 609 g/mol. The van der Waals surface area contributed by atoms with E-state index in [1.807, 2.05) is 91.0 Å². The maximum Gasteiger partial charge on any atom is 0.408 e. The lowest BCUT2D eigenvalue weighted by Gasteiger charge is -2.23. The molecule has 0 saturated heterocycles. The maximum absolute atomic E-state index is 13.2. The van der Waals surface area contributed by atoms with Gasteiger partial charge in [0.1, 0.15) is 29.7 Å². The molecule has 0 radical (unpaired) electrons. The molecular formula is C37H43N3O5. The Bertz CT molecular complexity index is 1480. The third-order valence-electron chi connectivity index (χ3n) is 6.96. The van der Waals surface area contributed by atoms with E-state index in [0.29, 0.717) is 26.0 Å². The van der Waals surface area contributed by atoms with Crippen LogP contribution >= 0.6 is 0 Å². The molecule has 4 rings (SSSR count). The minimum absolute atomic E-state index is 0.267. The van der Waals surface area contributed by atoms with Crippen molar-refractivity contribution in [2.75, 3.05) is 18.4 Å². The molecule has 0 heterocycles. The van der Waals surface area contributed by atoms with Gasteiger partial charge in [0.15, 0.2) is 0 Å². The largest absolute Gasteiger partial charge is 0.508 e. The molecule has 4 N–H and O–H groups in total. The molecule has 4 aromatic carbocycles. The molecular weight excluding hydrogens is 566 g/mol.